The fourth-order valence-electron chi connectivity index (χ4n) is 2.25. The highest BCUT2D eigenvalue weighted by molar-refractivity contribution is 6.35. The number of likely N-dealkylation sites (N-methyl/N-ethyl adjacent to an activating group) is 1. The van der Waals surface area contributed by atoms with E-state index >= 15 is 0 Å². The number of hydrazone groups is 1. The van der Waals surface area contributed by atoms with Crippen molar-refractivity contribution in [1.82, 2.24) is 10.7 Å². The molecule has 0 heterocycles. The number of hydrogen-bond acceptors (Lipinski definition) is 6. The minimum absolute atomic E-state index is 0.237. The molecule has 2 aromatic carbocycles. The third kappa shape index (κ3) is 7.10. The molecule has 0 saturated heterocycles. The van der Waals surface area contributed by atoms with Gasteiger partial charge in [-0.1, -0.05) is 17.7 Å². The van der Waals surface area contributed by atoms with E-state index in [9.17, 15) is 14.4 Å². The maximum atomic E-state index is 12.1. The number of carbonyl (C=O) groups is 3. The summed E-state index contributed by atoms with van der Waals surface area (Å²) in [6.07, 6.45) is 1.34. The molecule has 30 heavy (non-hydrogen) atoms. The summed E-state index contributed by atoms with van der Waals surface area (Å²) >= 11 is 5.89. The van der Waals surface area contributed by atoms with Crippen molar-refractivity contribution in [2.24, 2.45) is 5.10 Å². The zero-order chi connectivity index (χ0) is 21.9. The molecular formula is C20H21ClN4O5. The summed E-state index contributed by atoms with van der Waals surface area (Å²) in [5.74, 6) is -1.29. The molecule has 2 aromatic rings. The molecule has 0 saturated carbocycles. The van der Waals surface area contributed by atoms with E-state index in [-0.39, 0.29) is 12.5 Å². The first-order valence-corrected chi connectivity index (χ1v) is 9.28. The van der Waals surface area contributed by atoms with E-state index in [0.29, 0.717) is 34.3 Å². The summed E-state index contributed by atoms with van der Waals surface area (Å²) in [4.78, 5) is 34.8. The standard InChI is InChI=1S/C20H21ClN4O5/c1-3-22-19(27)20(28)25-23-11-13-7-8-16(17(9-13)29-2)30-12-18(26)24-15-6-4-5-14(21)10-15/h4-11H,3,12H2,1-2H3,(H,22,27)(H,24,26)(H,25,28)/b23-11-. The van der Waals surface area contributed by atoms with Gasteiger partial charge in [0.15, 0.2) is 18.1 Å². The Hall–Kier alpha value is -3.59. The Labute approximate surface area is 178 Å². The summed E-state index contributed by atoms with van der Waals surface area (Å²) in [7, 11) is 1.45. The van der Waals surface area contributed by atoms with Crippen LogP contribution in [0.1, 0.15) is 12.5 Å². The average Bonchev–Trinajstić information content (AvgIpc) is 2.72. The van der Waals surface area contributed by atoms with Gasteiger partial charge in [0.05, 0.1) is 13.3 Å². The molecule has 3 amide bonds. The number of ether oxygens (including phenoxy) is 2. The first-order valence-electron chi connectivity index (χ1n) is 8.90. The van der Waals surface area contributed by atoms with Crippen molar-refractivity contribution in [3.63, 3.8) is 0 Å². The van der Waals surface area contributed by atoms with Crippen LogP contribution < -0.4 is 25.5 Å². The number of nitrogens with zero attached hydrogens (tertiary/aromatic N) is 1. The Kier molecular flexibility index (Phi) is 8.64. The van der Waals surface area contributed by atoms with Gasteiger partial charge in [-0.05, 0) is 48.9 Å². The fraction of sp³-hybridized carbons (Fsp3) is 0.200. The second-order valence-electron chi connectivity index (χ2n) is 5.82. The van der Waals surface area contributed by atoms with E-state index in [2.05, 4.69) is 21.2 Å². The van der Waals surface area contributed by atoms with Crippen molar-refractivity contribution in [3.8, 4) is 11.5 Å². The zero-order valence-electron chi connectivity index (χ0n) is 16.4. The Bertz CT molecular complexity index is 949. The number of amides is 3. The van der Waals surface area contributed by atoms with Gasteiger partial charge >= 0.3 is 11.8 Å². The van der Waals surface area contributed by atoms with Gasteiger partial charge in [-0.15, -0.1) is 0 Å². The molecule has 0 aromatic heterocycles. The van der Waals surface area contributed by atoms with E-state index < -0.39 is 11.8 Å². The molecule has 0 aliphatic rings. The lowest BCUT2D eigenvalue weighted by Gasteiger charge is -2.11. The molecule has 158 valence electrons. The molecule has 9 nitrogen and oxygen atoms in total. The Morgan fingerprint density at radius 1 is 1.10 bits per heavy atom. The molecule has 0 spiro atoms. The van der Waals surface area contributed by atoms with Crippen LogP contribution in [-0.2, 0) is 14.4 Å². The van der Waals surface area contributed by atoms with Crippen LogP contribution in [0.25, 0.3) is 0 Å². The van der Waals surface area contributed by atoms with Crippen LogP contribution in [0.4, 0.5) is 5.69 Å². The van der Waals surface area contributed by atoms with Gasteiger partial charge in [0.2, 0.25) is 0 Å². The predicted octanol–water partition coefficient (Wildman–Crippen LogP) is 1.95. The van der Waals surface area contributed by atoms with Crippen LogP contribution >= 0.6 is 11.6 Å². The average molecular weight is 433 g/mol. The highest BCUT2D eigenvalue weighted by Crippen LogP contribution is 2.27. The van der Waals surface area contributed by atoms with Crippen LogP contribution in [0.2, 0.25) is 5.02 Å². The van der Waals surface area contributed by atoms with Crippen molar-refractivity contribution >= 4 is 41.2 Å². The third-order valence-corrected chi connectivity index (χ3v) is 3.81. The Morgan fingerprint density at radius 3 is 2.60 bits per heavy atom. The van der Waals surface area contributed by atoms with E-state index in [4.69, 9.17) is 21.1 Å². The predicted molar refractivity (Wildman–Crippen MR) is 113 cm³/mol. The Balaban J connectivity index is 1.93. The summed E-state index contributed by atoms with van der Waals surface area (Å²) < 4.78 is 10.8. The van der Waals surface area contributed by atoms with E-state index in [1.165, 1.54) is 13.3 Å². The van der Waals surface area contributed by atoms with Gasteiger partial charge < -0.3 is 20.1 Å². The van der Waals surface area contributed by atoms with Crippen LogP contribution in [0.15, 0.2) is 47.6 Å². The zero-order valence-corrected chi connectivity index (χ0v) is 17.2. The molecule has 2 rings (SSSR count). The molecule has 3 N–H and O–H groups in total. The fourth-order valence-corrected chi connectivity index (χ4v) is 2.44. The summed E-state index contributed by atoms with van der Waals surface area (Å²) in [5, 5.41) is 9.27. The molecule has 0 unspecified atom stereocenters. The number of methoxy groups -OCH3 is 1. The minimum atomic E-state index is -0.870. The lowest BCUT2D eigenvalue weighted by atomic mass is 10.2. The van der Waals surface area contributed by atoms with Gasteiger partial charge in [0.25, 0.3) is 5.91 Å². The molecule has 10 heteroatoms. The highest BCUT2D eigenvalue weighted by Gasteiger charge is 2.11. The number of carbonyl (C=O) groups excluding carboxylic acids is 3. The van der Waals surface area contributed by atoms with Gasteiger partial charge in [0, 0.05) is 17.3 Å². The van der Waals surface area contributed by atoms with Crippen LogP contribution in [0.3, 0.4) is 0 Å². The first kappa shape index (κ1) is 22.7. The van der Waals surface area contributed by atoms with Crippen LogP contribution in [0, 0.1) is 0 Å². The monoisotopic (exact) mass is 432 g/mol. The Morgan fingerprint density at radius 2 is 1.90 bits per heavy atom. The van der Waals surface area contributed by atoms with Crippen molar-refractivity contribution in [2.75, 3.05) is 25.6 Å². The normalized spacial score (nSPS) is 10.4. The SMILES string of the molecule is CCNC(=O)C(=O)N/N=C\c1ccc(OCC(=O)Nc2cccc(Cl)c2)c(OC)c1. The van der Waals surface area contributed by atoms with Crippen molar-refractivity contribution in [2.45, 2.75) is 6.92 Å². The van der Waals surface area contributed by atoms with Gasteiger partial charge in [-0.2, -0.15) is 5.10 Å². The molecule has 0 aliphatic heterocycles. The van der Waals surface area contributed by atoms with Crippen LogP contribution in [0.5, 0.6) is 11.5 Å². The van der Waals surface area contributed by atoms with Crippen LogP contribution in [-0.4, -0.2) is 44.2 Å². The van der Waals surface area contributed by atoms with Gasteiger partial charge in [-0.3, -0.25) is 14.4 Å². The number of nitrogens with one attached hydrogen (secondary N) is 3. The van der Waals surface area contributed by atoms with E-state index in [0.717, 1.165) is 0 Å². The first-order chi connectivity index (χ1) is 14.4. The van der Waals surface area contributed by atoms with Crippen molar-refractivity contribution in [1.29, 1.82) is 0 Å². The van der Waals surface area contributed by atoms with E-state index in [1.807, 2.05) is 0 Å². The topological polar surface area (TPSA) is 118 Å². The number of rotatable bonds is 8. The van der Waals surface area contributed by atoms with Crippen molar-refractivity contribution < 1.29 is 23.9 Å². The molecule has 0 fully saturated rings. The largest absolute Gasteiger partial charge is 0.493 e. The lowest BCUT2D eigenvalue weighted by molar-refractivity contribution is -0.139. The number of benzene rings is 2. The smallest absolute Gasteiger partial charge is 0.329 e. The molecule has 0 radical (unpaired) electrons. The van der Waals surface area contributed by atoms with Crippen molar-refractivity contribution in [3.05, 3.63) is 53.1 Å². The third-order valence-electron chi connectivity index (χ3n) is 3.58. The summed E-state index contributed by atoms with van der Waals surface area (Å²) in [6, 6.07) is 11.6. The van der Waals surface area contributed by atoms with Gasteiger partial charge in [0.1, 0.15) is 0 Å². The molecule has 0 aliphatic carbocycles. The number of anilines is 1. The quantitative estimate of drug-likeness (QED) is 0.335. The second kappa shape index (κ2) is 11.4. The van der Waals surface area contributed by atoms with E-state index in [1.54, 1.807) is 49.4 Å². The second-order valence-corrected chi connectivity index (χ2v) is 6.25. The molecular weight excluding hydrogens is 412 g/mol. The maximum absolute atomic E-state index is 12.1. The molecule has 0 atom stereocenters. The lowest BCUT2D eigenvalue weighted by Crippen LogP contribution is -2.37. The minimum Gasteiger partial charge on any atom is -0.493 e. The number of halogens is 1. The van der Waals surface area contributed by atoms with Gasteiger partial charge in [-0.25, -0.2) is 5.43 Å². The highest BCUT2D eigenvalue weighted by atomic mass is 35.5. The summed E-state index contributed by atoms with van der Waals surface area (Å²) in [5.41, 5.74) is 3.26. The maximum Gasteiger partial charge on any atom is 0.329 e. The number of hydrogen-bond donors (Lipinski definition) is 3. The summed E-state index contributed by atoms with van der Waals surface area (Å²) in [6.45, 7) is 1.80. The molecule has 0 bridgehead atoms.